The molecule has 4 rings (SSSR count). The summed E-state index contributed by atoms with van der Waals surface area (Å²) < 4.78 is 5.95. The number of anilines is 1. The molecule has 0 saturated carbocycles. The maximum Gasteiger partial charge on any atom is 0.294 e. The zero-order valence-corrected chi connectivity index (χ0v) is 15.5. The number of hydrogen-bond donors (Lipinski definition) is 2. The third kappa shape index (κ3) is 3.22. The van der Waals surface area contributed by atoms with Crippen LogP contribution in [0.3, 0.4) is 0 Å². The molecule has 4 aromatic heterocycles. The third-order valence-electron chi connectivity index (χ3n) is 3.59. The third-order valence-corrected chi connectivity index (χ3v) is 5.42. The molecule has 1 amide bonds. The lowest BCUT2D eigenvalue weighted by Gasteiger charge is -2.03. The van der Waals surface area contributed by atoms with Crippen LogP contribution in [-0.4, -0.2) is 37.4 Å². The highest BCUT2D eigenvalue weighted by molar-refractivity contribution is 7.13. The van der Waals surface area contributed by atoms with Crippen molar-refractivity contribution >= 4 is 40.6 Å². The van der Waals surface area contributed by atoms with Crippen LogP contribution in [-0.2, 0) is 0 Å². The summed E-state index contributed by atoms with van der Waals surface area (Å²) in [5.74, 6) is -0.316. The van der Waals surface area contributed by atoms with Crippen LogP contribution < -0.4 is 11.2 Å². The van der Waals surface area contributed by atoms with Gasteiger partial charge in [-0.1, -0.05) is 11.3 Å². The SMILES string of the molecule is Cc1ccsc1C=NNC(=O)c1nnn(-c2nonc2N)c1-c1cccs1. The van der Waals surface area contributed by atoms with E-state index in [0.29, 0.717) is 5.69 Å². The average Bonchev–Trinajstić information content (AvgIpc) is 3.41. The van der Waals surface area contributed by atoms with Gasteiger partial charge in [-0.15, -0.1) is 27.8 Å². The minimum absolute atomic E-state index is 0.0378. The van der Waals surface area contributed by atoms with Crippen molar-refractivity contribution in [3.05, 3.63) is 45.1 Å². The van der Waals surface area contributed by atoms with Gasteiger partial charge < -0.3 is 5.73 Å². The zero-order valence-electron chi connectivity index (χ0n) is 13.9. The quantitative estimate of drug-likeness (QED) is 0.386. The van der Waals surface area contributed by atoms with E-state index in [4.69, 9.17) is 5.73 Å². The minimum Gasteiger partial charge on any atom is -0.378 e. The van der Waals surface area contributed by atoms with Crippen molar-refractivity contribution in [3.8, 4) is 16.4 Å². The lowest BCUT2D eigenvalue weighted by atomic mass is 10.2. The first-order valence-electron chi connectivity index (χ1n) is 7.60. The Hall–Kier alpha value is -3.38. The molecule has 0 fully saturated rings. The monoisotopic (exact) mass is 400 g/mol. The molecule has 0 spiro atoms. The molecule has 0 radical (unpaired) electrons. The summed E-state index contributed by atoms with van der Waals surface area (Å²) in [4.78, 5) is 14.3. The summed E-state index contributed by atoms with van der Waals surface area (Å²) in [7, 11) is 0. The van der Waals surface area contributed by atoms with Gasteiger partial charge in [-0.25, -0.2) is 10.1 Å². The van der Waals surface area contributed by atoms with Crippen LogP contribution in [0.4, 0.5) is 5.82 Å². The van der Waals surface area contributed by atoms with Crippen molar-refractivity contribution in [2.45, 2.75) is 6.92 Å². The lowest BCUT2D eigenvalue weighted by Crippen LogP contribution is -2.19. The summed E-state index contributed by atoms with van der Waals surface area (Å²) in [6.07, 6.45) is 1.59. The largest absolute Gasteiger partial charge is 0.378 e. The molecule has 0 bridgehead atoms. The molecule has 12 heteroatoms. The molecule has 0 aliphatic carbocycles. The molecule has 136 valence electrons. The normalized spacial score (nSPS) is 11.3. The van der Waals surface area contributed by atoms with Gasteiger partial charge in [0.1, 0.15) is 5.69 Å². The number of nitrogen functional groups attached to an aromatic ring is 1. The molecule has 0 aliphatic heterocycles. The molecule has 10 nitrogen and oxygen atoms in total. The highest BCUT2D eigenvalue weighted by atomic mass is 32.1. The maximum absolute atomic E-state index is 12.6. The van der Waals surface area contributed by atoms with E-state index in [1.165, 1.54) is 27.4 Å². The molecule has 3 N–H and O–H groups in total. The van der Waals surface area contributed by atoms with E-state index >= 15 is 0 Å². The Kier molecular flexibility index (Phi) is 4.48. The van der Waals surface area contributed by atoms with E-state index < -0.39 is 5.91 Å². The molecular formula is C15H12N8O2S2. The summed E-state index contributed by atoms with van der Waals surface area (Å²) in [5, 5.41) is 23.1. The molecular weight excluding hydrogens is 388 g/mol. The molecule has 4 heterocycles. The van der Waals surface area contributed by atoms with E-state index in [0.717, 1.165) is 15.3 Å². The first kappa shape index (κ1) is 17.1. The van der Waals surface area contributed by atoms with Crippen molar-refractivity contribution in [2.24, 2.45) is 5.10 Å². The summed E-state index contributed by atoms with van der Waals surface area (Å²) >= 11 is 2.95. The molecule has 4 aromatic rings. The Morgan fingerprint density at radius 2 is 2.22 bits per heavy atom. The highest BCUT2D eigenvalue weighted by Gasteiger charge is 2.25. The van der Waals surface area contributed by atoms with Crippen LogP contribution in [0.15, 0.2) is 38.7 Å². The van der Waals surface area contributed by atoms with Gasteiger partial charge in [-0.05, 0) is 45.7 Å². The van der Waals surface area contributed by atoms with Gasteiger partial charge in [0.15, 0.2) is 5.69 Å². The van der Waals surface area contributed by atoms with Crippen molar-refractivity contribution in [1.29, 1.82) is 0 Å². The highest BCUT2D eigenvalue weighted by Crippen LogP contribution is 2.29. The van der Waals surface area contributed by atoms with Crippen molar-refractivity contribution in [1.82, 2.24) is 30.7 Å². The van der Waals surface area contributed by atoms with E-state index in [1.807, 2.05) is 35.9 Å². The van der Waals surface area contributed by atoms with Crippen molar-refractivity contribution in [3.63, 3.8) is 0 Å². The average molecular weight is 400 g/mol. The molecule has 0 atom stereocenters. The van der Waals surface area contributed by atoms with Gasteiger partial charge in [-0.2, -0.15) is 9.78 Å². The summed E-state index contributed by atoms with van der Waals surface area (Å²) in [6, 6.07) is 5.66. The Balaban J connectivity index is 1.67. The summed E-state index contributed by atoms with van der Waals surface area (Å²) in [5.41, 5.74) is 9.82. The molecule has 0 unspecified atom stereocenters. The number of amides is 1. The molecule has 0 aliphatic rings. The van der Waals surface area contributed by atoms with Crippen molar-refractivity contribution < 1.29 is 9.42 Å². The van der Waals surface area contributed by atoms with Gasteiger partial charge in [0.2, 0.25) is 11.6 Å². The lowest BCUT2D eigenvalue weighted by molar-refractivity contribution is 0.0951. The second kappa shape index (κ2) is 7.09. The van der Waals surface area contributed by atoms with Crippen LogP contribution in [0.5, 0.6) is 0 Å². The number of nitrogens with one attached hydrogen (secondary N) is 1. The number of rotatable bonds is 5. The number of aromatic nitrogens is 5. The number of hydrogen-bond acceptors (Lipinski definition) is 10. The Labute approximate surface area is 160 Å². The second-order valence-electron chi connectivity index (χ2n) is 5.32. The predicted octanol–water partition coefficient (Wildman–Crippen LogP) is 2.09. The standard InChI is InChI=1S/C15H12N8O2S2/c1-8-4-6-27-10(8)7-17-19-15(24)11-12(9-3-2-5-26-9)23(22-18-11)14-13(16)20-25-21-14/h2-7H,1H3,(H2,16,20)(H,19,24). The van der Waals surface area contributed by atoms with Crippen molar-refractivity contribution in [2.75, 3.05) is 5.73 Å². The number of carbonyl (C=O) groups excluding carboxylic acids is 1. The Bertz CT molecular complexity index is 1110. The first-order valence-corrected chi connectivity index (χ1v) is 9.36. The number of hydrazone groups is 1. The Morgan fingerprint density at radius 1 is 1.33 bits per heavy atom. The topological polar surface area (TPSA) is 137 Å². The fourth-order valence-electron chi connectivity index (χ4n) is 2.27. The molecule has 27 heavy (non-hydrogen) atoms. The van der Waals surface area contributed by atoms with E-state index in [2.05, 4.69) is 35.8 Å². The fraction of sp³-hybridized carbons (Fsp3) is 0.0667. The maximum atomic E-state index is 12.6. The van der Waals surface area contributed by atoms with Crippen LogP contribution in [0, 0.1) is 6.92 Å². The van der Waals surface area contributed by atoms with E-state index in [1.54, 1.807) is 6.21 Å². The molecule has 0 saturated heterocycles. The van der Waals surface area contributed by atoms with E-state index in [-0.39, 0.29) is 17.3 Å². The summed E-state index contributed by atoms with van der Waals surface area (Å²) in [6.45, 7) is 1.97. The zero-order chi connectivity index (χ0) is 18.8. The molecule has 0 aromatic carbocycles. The first-order chi connectivity index (χ1) is 13.1. The number of carbonyl (C=O) groups is 1. The number of nitrogens with two attached hydrogens (primary N) is 1. The van der Waals surface area contributed by atoms with Crippen LogP contribution >= 0.6 is 22.7 Å². The number of aryl methyl sites for hydroxylation is 1. The van der Waals surface area contributed by atoms with Gasteiger partial charge in [0.25, 0.3) is 5.91 Å². The smallest absolute Gasteiger partial charge is 0.294 e. The Morgan fingerprint density at radius 3 is 2.89 bits per heavy atom. The van der Waals surface area contributed by atoms with Crippen LogP contribution in [0.25, 0.3) is 16.4 Å². The van der Waals surface area contributed by atoms with Gasteiger partial charge in [0, 0.05) is 4.88 Å². The van der Waals surface area contributed by atoms with Crippen LogP contribution in [0.2, 0.25) is 0 Å². The van der Waals surface area contributed by atoms with Gasteiger partial charge in [0.05, 0.1) is 11.1 Å². The van der Waals surface area contributed by atoms with Gasteiger partial charge in [-0.3, -0.25) is 4.79 Å². The predicted molar refractivity (Wildman–Crippen MR) is 101 cm³/mol. The van der Waals surface area contributed by atoms with E-state index in [9.17, 15) is 4.79 Å². The minimum atomic E-state index is -0.509. The van der Waals surface area contributed by atoms with Gasteiger partial charge >= 0.3 is 0 Å². The number of nitrogens with zero attached hydrogens (tertiary/aromatic N) is 6. The number of thiophene rings is 2. The van der Waals surface area contributed by atoms with Crippen LogP contribution in [0.1, 0.15) is 20.9 Å². The fourth-order valence-corrected chi connectivity index (χ4v) is 3.82. The second-order valence-corrected chi connectivity index (χ2v) is 7.21.